The summed E-state index contributed by atoms with van der Waals surface area (Å²) >= 11 is 4.68. The van der Waals surface area contributed by atoms with Crippen LogP contribution in [0.1, 0.15) is 11.6 Å². The molecule has 2 aromatic rings. The highest BCUT2D eigenvalue weighted by Gasteiger charge is 2.14. The summed E-state index contributed by atoms with van der Waals surface area (Å²) in [5, 5.41) is 13.7. The van der Waals surface area contributed by atoms with Gasteiger partial charge in [-0.25, -0.2) is 4.98 Å². The lowest BCUT2D eigenvalue weighted by atomic mass is 10.1. The molecule has 2 rings (SSSR count). The van der Waals surface area contributed by atoms with Crippen LogP contribution in [0.3, 0.4) is 0 Å². The Balaban J connectivity index is 2.27. The Morgan fingerprint density at radius 1 is 1.42 bits per heavy atom. The van der Waals surface area contributed by atoms with Gasteiger partial charge in [0.25, 0.3) is 5.69 Å². The van der Waals surface area contributed by atoms with E-state index in [0.29, 0.717) is 11.0 Å². The number of nitrogens with zero attached hydrogens (tertiary/aromatic N) is 2. The van der Waals surface area contributed by atoms with Crippen molar-refractivity contribution in [2.45, 2.75) is 5.92 Å². The van der Waals surface area contributed by atoms with Crippen LogP contribution in [0.4, 0.5) is 5.69 Å². The lowest BCUT2D eigenvalue weighted by Crippen LogP contribution is -2.01. The topological polar surface area (TPSA) is 73.1 Å². The van der Waals surface area contributed by atoms with Crippen LogP contribution in [0.5, 0.6) is 0 Å². The molecule has 1 atom stereocenters. The maximum Gasteiger partial charge on any atom is 0.269 e. The zero-order valence-corrected chi connectivity index (χ0v) is 12.1. The van der Waals surface area contributed by atoms with Gasteiger partial charge >= 0.3 is 0 Å². The molecule has 0 saturated carbocycles. The first-order valence-corrected chi connectivity index (χ1v) is 7.37. The Hall–Kier alpha value is -1.60. The minimum Gasteiger partial charge on any atom is -0.303 e. The van der Waals surface area contributed by atoms with Crippen molar-refractivity contribution in [1.29, 1.82) is 0 Å². The summed E-state index contributed by atoms with van der Waals surface area (Å²) in [6.07, 6.45) is 0.851. The molecule has 0 spiro atoms. The van der Waals surface area contributed by atoms with Gasteiger partial charge in [-0.05, 0) is 12.1 Å². The van der Waals surface area contributed by atoms with E-state index in [0.717, 1.165) is 16.9 Å². The summed E-state index contributed by atoms with van der Waals surface area (Å²) in [7, 11) is 0. The number of nitro benzene ring substituents is 1. The molecule has 5 nitrogen and oxygen atoms in total. The van der Waals surface area contributed by atoms with Crippen LogP contribution < -0.4 is 0 Å². The third-order valence-corrected chi connectivity index (χ3v) is 4.16. The van der Waals surface area contributed by atoms with E-state index >= 15 is 0 Å². The molecule has 19 heavy (non-hydrogen) atoms. The van der Waals surface area contributed by atoms with Crippen molar-refractivity contribution in [3.8, 4) is 10.6 Å². The van der Waals surface area contributed by atoms with Crippen molar-refractivity contribution in [2.24, 2.45) is 0 Å². The Bertz CT molecular complexity index is 597. The summed E-state index contributed by atoms with van der Waals surface area (Å²) in [5.41, 5.74) is 1.57. The predicted molar refractivity (Wildman–Crippen MR) is 76.8 cm³/mol. The molecule has 1 heterocycles. The van der Waals surface area contributed by atoms with Crippen LogP contribution in [0.25, 0.3) is 10.6 Å². The van der Waals surface area contributed by atoms with Crippen LogP contribution >= 0.6 is 27.3 Å². The molecule has 7 heteroatoms. The second kappa shape index (κ2) is 6.03. The molecule has 1 aromatic heterocycles. The zero-order valence-electron chi connectivity index (χ0n) is 9.65. The van der Waals surface area contributed by atoms with E-state index in [-0.39, 0.29) is 11.6 Å². The molecule has 0 radical (unpaired) electrons. The van der Waals surface area contributed by atoms with E-state index in [1.807, 2.05) is 5.38 Å². The fourth-order valence-electron chi connectivity index (χ4n) is 1.50. The number of hydrogen-bond donors (Lipinski definition) is 0. The number of hydrogen-bond acceptors (Lipinski definition) is 5. The lowest BCUT2D eigenvalue weighted by Gasteiger charge is -2.00. The Labute approximate surface area is 121 Å². The number of thiazole rings is 1. The predicted octanol–water partition coefficient (Wildman–Crippen LogP) is 3.40. The number of carbonyl (C=O) groups is 1. The van der Waals surface area contributed by atoms with Gasteiger partial charge in [0, 0.05) is 28.4 Å². The standard InChI is InChI=1S/C12H9BrN2O3S/c13-5-9(6-16)11-7-19-12(14-11)8-1-3-10(4-2-8)15(17)18/h1-4,6-7,9H,5H2. The van der Waals surface area contributed by atoms with Crippen molar-refractivity contribution in [3.05, 3.63) is 45.5 Å². The number of benzene rings is 1. The van der Waals surface area contributed by atoms with E-state index in [2.05, 4.69) is 20.9 Å². The van der Waals surface area contributed by atoms with E-state index in [1.165, 1.54) is 23.5 Å². The average molecular weight is 341 g/mol. The van der Waals surface area contributed by atoms with Gasteiger partial charge in [-0.15, -0.1) is 11.3 Å². The van der Waals surface area contributed by atoms with Crippen LogP contribution in [0.2, 0.25) is 0 Å². The second-order valence-electron chi connectivity index (χ2n) is 3.78. The largest absolute Gasteiger partial charge is 0.303 e. The summed E-state index contributed by atoms with van der Waals surface area (Å²) < 4.78 is 0. The number of rotatable bonds is 5. The summed E-state index contributed by atoms with van der Waals surface area (Å²) in [6, 6.07) is 6.20. The molecule has 0 aliphatic carbocycles. The van der Waals surface area contributed by atoms with Gasteiger partial charge in [0.2, 0.25) is 0 Å². The SMILES string of the molecule is O=CC(CBr)c1csc(-c2ccc([N+](=O)[O-])cc2)n1. The van der Waals surface area contributed by atoms with Crippen molar-refractivity contribution < 1.29 is 9.72 Å². The minimum absolute atomic E-state index is 0.0479. The number of aromatic nitrogens is 1. The smallest absolute Gasteiger partial charge is 0.269 e. The Kier molecular flexibility index (Phi) is 4.39. The molecular formula is C12H9BrN2O3S. The Morgan fingerprint density at radius 3 is 2.63 bits per heavy atom. The van der Waals surface area contributed by atoms with E-state index in [1.54, 1.807) is 12.1 Å². The van der Waals surface area contributed by atoms with Gasteiger partial charge < -0.3 is 4.79 Å². The molecule has 0 fully saturated rings. The molecule has 0 amide bonds. The van der Waals surface area contributed by atoms with Gasteiger partial charge in [0.05, 0.1) is 16.5 Å². The zero-order chi connectivity index (χ0) is 13.8. The molecule has 98 valence electrons. The maximum absolute atomic E-state index is 10.9. The highest BCUT2D eigenvalue weighted by atomic mass is 79.9. The second-order valence-corrected chi connectivity index (χ2v) is 5.28. The van der Waals surface area contributed by atoms with Crippen molar-refractivity contribution in [2.75, 3.05) is 5.33 Å². The number of alkyl halides is 1. The number of non-ortho nitro benzene ring substituents is 1. The normalized spacial score (nSPS) is 12.1. The summed E-state index contributed by atoms with van der Waals surface area (Å²) in [5.74, 6) is -0.261. The van der Waals surface area contributed by atoms with Gasteiger partial charge in [-0.3, -0.25) is 10.1 Å². The van der Waals surface area contributed by atoms with Gasteiger partial charge in [-0.2, -0.15) is 0 Å². The number of carbonyl (C=O) groups excluding carboxylic acids is 1. The molecular weight excluding hydrogens is 332 g/mol. The van der Waals surface area contributed by atoms with E-state index in [9.17, 15) is 14.9 Å². The molecule has 0 N–H and O–H groups in total. The summed E-state index contributed by atoms with van der Waals surface area (Å²) in [4.78, 5) is 25.4. The lowest BCUT2D eigenvalue weighted by molar-refractivity contribution is -0.384. The Morgan fingerprint density at radius 2 is 2.11 bits per heavy atom. The molecule has 1 unspecified atom stereocenters. The molecule has 0 aliphatic rings. The third-order valence-electron chi connectivity index (χ3n) is 2.56. The molecule has 0 aliphatic heterocycles. The number of nitro groups is 1. The van der Waals surface area contributed by atoms with Crippen molar-refractivity contribution in [1.82, 2.24) is 4.98 Å². The first-order chi connectivity index (χ1) is 9.15. The fraction of sp³-hybridized carbons (Fsp3) is 0.167. The molecule has 1 aromatic carbocycles. The fourth-order valence-corrected chi connectivity index (χ4v) is 2.87. The van der Waals surface area contributed by atoms with Crippen molar-refractivity contribution >= 4 is 39.2 Å². The quantitative estimate of drug-likeness (QED) is 0.362. The average Bonchev–Trinajstić information content (AvgIpc) is 2.90. The number of aldehydes is 1. The van der Waals surface area contributed by atoms with Crippen LogP contribution in [0, 0.1) is 10.1 Å². The summed E-state index contributed by atoms with van der Waals surface area (Å²) in [6.45, 7) is 0. The van der Waals surface area contributed by atoms with Crippen molar-refractivity contribution in [3.63, 3.8) is 0 Å². The van der Waals surface area contributed by atoms with Gasteiger partial charge in [-0.1, -0.05) is 15.9 Å². The molecule has 0 saturated heterocycles. The van der Waals surface area contributed by atoms with Crippen LogP contribution in [-0.4, -0.2) is 21.5 Å². The molecule has 0 bridgehead atoms. The van der Waals surface area contributed by atoms with E-state index < -0.39 is 4.92 Å². The highest BCUT2D eigenvalue weighted by Crippen LogP contribution is 2.28. The van der Waals surface area contributed by atoms with Crippen LogP contribution in [0.15, 0.2) is 29.6 Å². The van der Waals surface area contributed by atoms with Crippen LogP contribution in [-0.2, 0) is 4.79 Å². The van der Waals surface area contributed by atoms with Gasteiger partial charge in [0.15, 0.2) is 0 Å². The van der Waals surface area contributed by atoms with E-state index in [4.69, 9.17) is 0 Å². The third kappa shape index (κ3) is 3.05. The first kappa shape index (κ1) is 13.8. The highest BCUT2D eigenvalue weighted by molar-refractivity contribution is 9.09. The monoisotopic (exact) mass is 340 g/mol. The first-order valence-electron chi connectivity index (χ1n) is 5.37. The number of halogens is 1. The maximum atomic E-state index is 10.9. The van der Waals surface area contributed by atoms with Gasteiger partial charge in [0.1, 0.15) is 11.3 Å². The minimum atomic E-state index is -0.440.